The number of carbonyl (C=O) groups excluding carboxylic acids is 1. The third kappa shape index (κ3) is 3.47. The second-order valence-corrected chi connectivity index (χ2v) is 9.42. The van der Waals surface area contributed by atoms with Crippen molar-refractivity contribution in [3.63, 3.8) is 0 Å². The molecule has 3 heteroatoms. The zero-order valence-corrected chi connectivity index (χ0v) is 20.3. The van der Waals surface area contributed by atoms with E-state index in [0.717, 1.165) is 60.3 Å². The van der Waals surface area contributed by atoms with Crippen LogP contribution in [-0.2, 0) is 0 Å². The number of ketones is 1. The molecule has 0 N–H and O–H groups in total. The van der Waals surface area contributed by atoms with Crippen LogP contribution in [0.15, 0.2) is 115 Å². The number of carbonyl (C=O) groups is 1. The lowest BCUT2D eigenvalue weighted by atomic mass is 9.87. The Morgan fingerprint density at radius 2 is 1.16 bits per heavy atom. The van der Waals surface area contributed by atoms with Gasteiger partial charge in [0.2, 0.25) is 0 Å². The molecule has 0 unspecified atom stereocenters. The standard InChI is InChI=1S/C34H22N2O/c1-21-26(34(37)22-10-3-2-4-11-22)20-32-28(19-24-13-6-8-16-30(24)36-32)33(21)25-14-9-17-31-27(25)18-23-12-5-7-15-29(23)35-31/h2-20H,1H3. The molecule has 7 rings (SSSR count). The van der Waals surface area contributed by atoms with Gasteiger partial charge in [-0.15, -0.1) is 0 Å². The highest BCUT2D eigenvalue weighted by Crippen LogP contribution is 2.39. The summed E-state index contributed by atoms with van der Waals surface area (Å²) in [6, 6.07) is 38.4. The van der Waals surface area contributed by atoms with Crippen LogP contribution in [0.1, 0.15) is 21.5 Å². The minimum absolute atomic E-state index is 0.0000186. The van der Waals surface area contributed by atoms with Crippen molar-refractivity contribution >= 4 is 49.4 Å². The van der Waals surface area contributed by atoms with Gasteiger partial charge in [-0.1, -0.05) is 78.9 Å². The van der Waals surface area contributed by atoms with Gasteiger partial charge >= 0.3 is 0 Å². The highest BCUT2D eigenvalue weighted by Gasteiger charge is 2.20. The van der Waals surface area contributed by atoms with Crippen molar-refractivity contribution in [3.8, 4) is 11.1 Å². The van der Waals surface area contributed by atoms with Crippen LogP contribution in [0.4, 0.5) is 0 Å². The van der Waals surface area contributed by atoms with Crippen molar-refractivity contribution in [1.29, 1.82) is 0 Å². The van der Waals surface area contributed by atoms with Gasteiger partial charge in [0.15, 0.2) is 5.78 Å². The molecule has 0 saturated heterocycles. The van der Waals surface area contributed by atoms with E-state index in [9.17, 15) is 4.79 Å². The zero-order chi connectivity index (χ0) is 24.9. The number of para-hydroxylation sites is 2. The first-order chi connectivity index (χ1) is 18.2. The number of aromatic nitrogens is 2. The highest BCUT2D eigenvalue weighted by atomic mass is 16.1. The normalized spacial score (nSPS) is 11.5. The summed E-state index contributed by atoms with van der Waals surface area (Å²) < 4.78 is 0. The summed E-state index contributed by atoms with van der Waals surface area (Å²) in [7, 11) is 0. The van der Waals surface area contributed by atoms with Gasteiger partial charge < -0.3 is 0 Å². The fraction of sp³-hybridized carbons (Fsp3) is 0.0294. The van der Waals surface area contributed by atoms with Crippen LogP contribution < -0.4 is 0 Å². The van der Waals surface area contributed by atoms with Gasteiger partial charge in [0, 0.05) is 32.7 Å². The number of nitrogens with zero attached hydrogens (tertiary/aromatic N) is 2. The van der Waals surface area contributed by atoms with Crippen LogP contribution in [0.2, 0.25) is 0 Å². The van der Waals surface area contributed by atoms with Gasteiger partial charge in [-0.05, 0) is 60.0 Å². The second-order valence-electron chi connectivity index (χ2n) is 9.42. The fourth-order valence-corrected chi connectivity index (χ4v) is 5.37. The van der Waals surface area contributed by atoms with Crippen molar-refractivity contribution in [2.24, 2.45) is 0 Å². The van der Waals surface area contributed by atoms with Gasteiger partial charge in [0.25, 0.3) is 0 Å². The molecule has 0 fully saturated rings. The molecular weight excluding hydrogens is 452 g/mol. The van der Waals surface area contributed by atoms with Crippen molar-refractivity contribution < 1.29 is 4.79 Å². The summed E-state index contributed by atoms with van der Waals surface area (Å²) >= 11 is 0. The molecule has 0 aliphatic rings. The molecule has 0 amide bonds. The quantitative estimate of drug-likeness (QED) is 0.191. The number of rotatable bonds is 3. The first-order valence-corrected chi connectivity index (χ1v) is 12.4. The predicted molar refractivity (Wildman–Crippen MR) is 152 cm³/mol. The molecule has 5 aromatic carbocycles. The van der Waals surface area contributed by atoms with Crippen molar-refractivity contribution in [2.45, 2.75) is 6.92 Å². The molecule has 0 aliphatic carbocycles. The largest absolute Gasteiger partial charge is 0.289 e. The first kappa shape index (κ1) is 21.4. The number of hydrogen-bond acceptors (Lipinski definition) is 3. The number of hydrogen-bond donors (Lipinski definition) is 0. The maximum Gasteiger partial charge on any atom is 0.193 e. The highest BCUT2D eigenvalue weighted by molar-refractivity contribution is 6.16. The lowest BCUT2D eigenvalue weighted by Crippen LogP contribution is -2.06. The molecule has 37 heavy (non-hydrogen) atoms. The number of fused-ring (bicyclic) bond motifs is 4. The van der Waals surface area contributed by atoms with E-state index in [4.69, 9.17) is 9.97 Å². The Kier molecular flexibility index (Phi) is 4.83. The van der Waals surface area contributed by atoms with Crippen LogP contribution in [0, 0.1) is 6.92 Å². The third-order valence-corrected chi connectivity index (χ3v) is 7.19. The van der Waals surface area contributed by atoms with Crippen LogP contribution in [0.25, 0.3) is 54.7 Å². The Morgan fingerprint density at radius 3 is 1.89 bits per heavy atom. The van der Waals surface area contributed by atoms with Crippen molar-refractivity contribution in [3.05, 3.63) is 132 Å². The average Bonchev–Trinajstić information content (AvgIpc) is 2.95. The molecule has 7 aromatic rings. The van der Waals surface area contributed by atoms with Crippen molar-refractivity contribution in [2.75, 3.05) is 0 Å². The number of pyridine rings is 2. The van der Waals surface area contributed by atoms with Crippen LogP contribution in [0.5, 0.6) is 0 Å². The Hall–Kier alpha value is -4.89. The lowest BCUT2D eigenvalue weighted by Gasteiger charge is -2.17. The van der Waals surface area contributed by atoms with E-state index in [0.29, 0.717) is 11.1 Å². The summed E-state index contributed by atoms with van der Waals surface area (Å²) in [4.78, 5) is 23.7. The van der Waals surface area contributed by atoms with Crippen LogP contribution >= 0.6 is 0 Å². The molecule has 174 valence electrons. The smallest absolute Gasteiger partial charge is 0.193 e. The molecule has 2 heterocycles. The summed E-state index contributed by atoms with van der Waals surface area (Å²) in [5, 5.41) is 4.25. The zero-order valence-electron chi connectivity index (χ0n) is 20.3. The van der Waals surface area contributed by atoms with E-state index in [2.05, 4.69) is 36.4 Å². The molecule has 3 nitrogen and oxygen atoms in total. The average molecular weight is 475 g/mol. The summed E-state index contributed by atoms with van der Waals surface area (Å²) in [6.45, 7) is 2.05. The van der Waals surface area contributed by atoms with E-state index in [1.165, 1.54) is 0 Å². The van der Waals surface area contributed by atoms with Crippen LogP contribution in [0.3, 0.4) is 0 Å². The monoisotopic (exact) mass is 474 g/mol. The van der Waals surface area contributed by atoms with Crippen LogP contribution in [-0.4, -0.2) is 15.8 Å². The second kappa shape index (κ2) is 8.35. The first-order valence-electron chi connectivity index (χ1n) is 12.4. The van der Waals surface area contributed by atoms with Gasteiger partial charge in [0.05, 0.1) is 22.1 Å². The SMILES string of the molecule is Cc1c(C(=O)c2ccccc2)cc2nc3ccccc3cc2c1-c1cccc2nc3ccccc3cc12. The molecule has 2 aromatic heterocycles. The maximum atomic E-state index is 13.8. The topological polar surface area (TPSA) is 42.9 Å². The molecule has 0 saturated carbocycles. The summed E-state index contributed by atoms with van der Waals surface area (Å²) in [5.74, 6) is 0.0000186. The molecule has 0 bridgehead atoms. The minimum Gasteiger partial charge on any atom is -0.289 e. The fourth-order valence-electron chi connectivity index (χ4n) is 5.37. The van der Waals surface area contributed by atoms with Crippen molar-refractivity contribution in [1.82, 2.24) is 9.97 Å². The van der Waals surface area contributed by atoms with Gasteiger partial charge in [-0.25, -0.2) is 9.97 Å². The van der Waals surface area contributed by atoms with E-state index in [1.54, 1.807) is 0 Å². The van der Waals surface area contributed by atoms with Gasteiger partial charge in [-0.2, -0.15) is 0 Å². The molecule has 0 atom stereocenters. The molecule has 0 spiro atoms. The molecule has 0 aliphatic heterocycles. The third-order valence-electron chi connectivity index (χ3n) is 7.19. The van der Waals surface area contributed by atoms with E-state index in [-0.39, 0.29) is 5.78 Å². The Morgan fingerprint density at radius 1 is 0.568 bits per heavy atom. The Labute approximate surface area is 214 Å². The van der Waals surface area contributed by atoms with E-state index < -0.39 is 0 Å². The van der Waals surface area contributed by atoms with E-state index >= 15 is 0 Å². The maximum absolute atomic E-state index is 13.8. The summed E-state index contributed by atoms with van der Waals surface area (Å²) in [5.41, 5.74) is 7.98. The lowest BCUT2D eigenvalue weighted by molar-refractivity contribution is 0.103. The Bertz CT molecular complexity index is 2010. The van der Waals surface area contributed by atoms with E-state index in [1.807, 2.05) is 85.8 Å². The Balaban J connectivity index is 1.61. The molecular formula is C34H22N2O. The molecule has 0 radical (unpaired) electrons. The number of benzene rings is 5. The predicted octanol–water partition coefficient (Wildman–Crippen LogP) is 8.30. The minimum atomic E-state index is 0.0000186. The summed E-state index contributed by atoms with van der Waals surface area (Å²) in [6.07, 6.45) is 0. The van der Waals surface area contributed by atoms with Gasteiger partial charge in [-0.3, -0.25) is 4.79 Å². The van der Waals surface area contributed by atoms with Gasteiger partial charge in [0.1, 0.15) is 0 Å².